The fourth-order valence-corrected chi connectivity index (χ4v) is 3.72. The average molecular weight is 364 g/mol. The Morgan fingerprint density at radius 2 is 1.78 bits per heavy atom. The number of carbonyl (C=O) groups excluding carboxylic acids is 2. The lowest BCUT2D eigenvalue weighted by molar-refractivity contribution is -0.125. The van der Waals surface area contributed by atoms with Crippen molar-refractivity contribution in [3.63, 3.8) is 0 Å². The first-order chi connectivity index (χ1) is 13.1. The van der Waals surface area contributed by atoms with Crippen LogP contribution in [-0.4, -0.2) is 31.1 Å². The Balaban J connectivity index is 1.39. The van der Waals surface area contributed by atoms with Crippen LogP contribution in [0.25, 0.3) is 0 Å². The number of ether oxygens (including phenoxy) is 1. The molecule has 0 saturated carbocycles. The molecule has 4 rings (SSSR count). The van der Waals surface area contributed by atoms with E-state index in [2.05, 4.69) is 17.1 Å². The van der Waals surface area contributed by atoms with Gasteiger partial charge in [0.15, 0.2) is 6.10 Å². The Labute approximate surface area is 159 Å². The van der Waals surface area contributed by atoms with Crippen molar-refractivity contribution in [1.29, 1.82) is 0 Å². The molecule has 0 radical (unpaired) electrons. The number of carbonyl (C=O) groups is 2. The maximum Gasteiger partial charge on any atom is 0.339 e. The molecule has 140 valence electrons. The summed E-state index contributed by atoms with van der Waals surface area (Å²) in [7, 11) is 0. The lowest BCUT2D eigenvalue weighted by atomic mass is 9.98. The molecule has 1 saturated heterocycles. The normalized spacial score (nSPS) is 20.0. The van der Waals surface area contributed by atoms with Crippen molar-refractivity contribution < 1.29 is 14.3 Å². The van der Waals surface area contributed by atoms with Gasteiger partial charge < -0.3 is 15.0 Å². The maximum atomic E-state index is 12.5. The average Bonchev–Trinajstić information content (AvgIpc) is 2.69. The standard InChI is InChI=1S/C22H24N2O3/c1-15-10-12-24(13-11-15)18-8-6-17(7-9-18)23-21(25)20-14-16-4-2-3-5-19(16)22(26)27-20/h2-9,15,20H,10-14H2,1H3,(H,23,25). The first-order valence-electron chi connectivity index (χ1n) is 9.55. The minimum atomic E-state index is -0.796. The number of nitrogens with one attached hydrogen (secondary N) is 1. The molecule has 5 nitrogen and oxygen atoms in total. The molecule has 1 atom stereocenters. The second kappa shape index (κ2) is 7.43. The quantitative estimate of drug-likeness (QED) is 0.845. The lowest BCUT2D eigenvalue weighted by Crippen LogP contribution is -2.38. The van der Waals surface area contributed by atoms with Gasteiger partial charge in [0.2, 0.25) is 0 Å². The molecular weight excluding hydrogens is 340 g/mol. The van der Waals surface area contributed by atoms with Gasteiger partial charge in [0.25, 0.3) is 5.91 Å². The van der Waals surface area contributed by atoms with E-state index in [9.17, 15) is 9.59 Å². The van der Waals surface area contributed by atoms with Gasteiger partial charge in [-0.15, -0.1) is 0 Å². The van der Waals surface area contributed by atoms with Crippen LogP contribution in [0, 0.1) is 5.92 Å². The van der Waals surface area contributed by atoms with Gasteiger partial charge in [-0.25, -0.2) is 4.79 Å². The molecule has 1 N–H and O–H groups in total. The molecule has 0 aliphatic carbocycles. The molecule has 2 aromatic carbocycles. The molecule has 2 aromatic rings. The van der Waals surface area contributed by atoms with E-state index < -0.39 is 12.1 Å². The highest BCUT2D eigenvalue weighted by Gasteiger charge is 2.31. The minimum absolute atomic E-state index is 0.294. The Kier molecular flexibility index (Phi) is 4.84. The molecule has 0 spiro atoms. The summed E-state index contributed by atoms with van der Waals surface area (Å²) in [5, 5.41) is 2.87. The maximum absolute atomic E-state index is 12.5. The second-order valence-electron chi connectivity index (χ2n) is 7.46. The van der Waals surface area contributed by atoms with E-state index in [-0.39, 0.29) is 5.91 Å². The summed E-state index contributed by atoms with van der Waals surface area (Å²) in [6.07, 6.45) is 2.04. The number of benzene rings is 2. The molecule has 1 fully saturated rings. The number of hydrogen-bond donors (Lipinski definition) is 1. The summed E-state index contributed by atoms with van der Waals surface area (Å²) in [6, 6.07) is 15.1. The van der Waals surface area contributed by atoms with E-state index in [0.29, 0.717) is 17.7 Å². The van der Waals surface area contributed by atoms with Crippen LogP contribution in [0.3, 0.4) is 0 Å². The summed E-state index contributed by atoms with van der Waals surface area (Å²) >= 11 is 0. The number of rotatable bonds is 3. The number of fused-ring (bicyclic) bond motifs is 1. The molecule has 1 amide bonds. The Hall–Kier alpha value is -2.82. The lowest BCUT2D eigenvalue weighted by Gasteiger charge is -2.32. The number of piperidine rings is 1. The number of nitrogens with zero attached hydrogens (tertiary/aromatic N) is 1. The largest absolute Gasteiger partial charge is 0.448 e. The zero-order chi connectivity index (χ0) is 18.8. The minimum Gasteiger partial charge on any atom is -0.448 e. The Morgan fingerprint density at radius 3 is 2.52 bits per heavy atom. The third kappa shape index (κ3) is 3.82. The Morgan fingerprint density at radius 1 is 1.07 bits per heavy atom. The Bertz CT molecular complexity index is 839. The van der Waals surface area contributed by atoms with Crippen LogP contribution in [0.4, 0.5) is 11.4 Å². The molecule has 1 unspecified atom stereocenters. The molecule has 0 bridgehead atoms. The van der Waals surface area contributed by atoms with E-state index in [1.54, 1.807) is 12.1 Å². The number of anilines is 2. The van der Waals surface area contributed by atoms with Crippen molar-refractivity contribution in [1.82, 2.24) is 0 Å². The molecular formula is C22H24N2O3. The smallest absolute Gasteiger partial charge is 0.339 e. The molecule has 27 heavy (non-hydrogen) atoms. The van der Waals surface area contributed by atoms with E-state index in [1.165, 1.54) is 18.5 Å². The van der Waals surface area contributed by atoms with Crippen molar-refractivity contribution >= 4 is 23.3 Å². The van der Waals surface area contributed by atoms with Crippen LogP contribution in [0.1, 0.15) is 35.7 Å². The van der Waals surface area contributed by atoms with Crippen molar-refractivity contribution in [3.8, 4) is 0 Å². The highest BCUT2D eigenvalue weighted by Crippen LogP contribution is 2.25. The highest BCUT2D eigenvalue weighted by molar-refractivity contribution is 6.00. The zero-order valence-corrected chi connectivity index (χ0v) is 15.5. The van der Waals surface area contributed by atoms with Crippen LogP contribution in [0.15, 0.2) is 48.5 Å². The zero-order valence-electron chi connectivity index (χ0n) is 15.5. The van der Waals surface area contributed by atoms with Crippen molar-refractivity contribution in [2.75, 3.05) is 23.3 Å². The van der Waals surface area contributed by atoms with Gasteiger partial charge in [-0.2, -0.15) is 0 Å². The fourth-order valence-electron chi connectivity index (χ4n) is 3.72. The van der Waals surface area contributed by atoms with E-state index >= 15 is 0 Å². The SMILES string of the molecule is CC1CCN(c2ccc(NC(=O)C3Cc4ccccc4C(=O)O3)cc2)CC1. The van der Waals surface area contributed by atoms with Crippen LogP contribution in [0.2, 0.25) is 0 Å². The predicted molar refractivity (Wildman–Crippen MR) is 105 cm³/mol. The molecule has 2 aliphatic heterocycles. The van der Waals surface area contributed by atoms with Gasteiger partial charge in [-0.05, 0) is 54.7 Å². The third-order valence-electron chi connectivity index (χ3n) is 5.47. The highest BCUT2D eigenvalue weighted by atomic mass is 16.5. The first kappa shape index (κ1) is 17.6. The monoisotopic (exact) mass is 364 g/mol. The van der Waals surface area contributed by atoms with Crippen molar-refractivity contribution in [3.05, 3.63) is 59.7 Å². The molecule has 2 heterocycles. The summed E-state index contributed by atoms with van der Waals surface area (Å²) in [5.74, 6) is 0.0622. The van der Waals surface area contributed by atoms with E-state index in [1.807, 2.05) is 36.4 Å². The summed E-state index contributed by atoms with van der Waals surface area (Å²) < 4.78 is 5.32. The summed E-state index contributed by atoms with van der Waals surface area (Å²) in [5.41, 5.74) is 3.28. The summed E-state index contributed by atoms with van der Waals surface area (Å²) in [4.78, 5) is 27.0. The predicted octanol–water partition coefficient (Wildman–Crippen LogP) is 3.64. The first-order valence-corrected chi connectivity index (χ1v) is 9.55. The van der Waals surface area contributed by atoms with Crippen molar-refractivity contribution in [2.24, 2.45) is 5.92 Å². The van der Waals surface area contributed by atoms with Crippen LogP contribution in [0.5, 0.6) is 0 Å². The van der Waals surface area contributed by atoms with Gasteiger partial charge >= 0.3 is 5.97 Å². The molecule has 0 aromatic heterocycles. The topological polar surface area (TPSA) is 58.6 Å². The molecule has 5 heteroatoms. The van der Waals surface area contributed by atoms with Gasteiger partial charge in [-0.1, -0.05) is 25.1 Å². The summed E-state index contributed by atoms with van der Waals surface area (Å²) in [6.45, 7) is 4.45. The molecule has 2 aliphatic rings. The van der Waals surface area contributed by atoms with Gasteiger partial charge in [0.05, 0.1) is 5.56 Å². The number of cyclic esters (lactones) is 1. The number of esters is 1. The number of amides is 1. The third-order valence-corrected chi connectivity index (χ3v) is 5.47. The van der Waals surface area contributed by atoms with Gasteiger partial charge in [0.1, 0.15) is 0 Å². The van der Waals surface area contributed by atoms with Crippen LogP contribution in [-0.2, 0) is 16.0 Å². The second-order valence-corrected chi connectivity index (χ2v) is 7.46. The van der Waals surface area contributed by atoms with Crippen LogP contribution >= 0.6 is 0 Å². The van der Waals surface area contributed by atoms with E-state index in [4.69, 9.17) is 4.74 Å². The van der Waals surface area contributed by atoms with Gasteiger partial charge in [-0.3, -0.25) is 4.79 Å². The van der Waals surface area contributed by atoms with Gasteiger partial charge in [0, 0.05) is 30.9 Å². The van der Waals surface area contributed by atoms with Crippen molar-refractivity contribution in [2.45, 2.75) is 32.3 Å². The van der Waals surface area contributed by atoms with E-state index in [0.717, 1.165) is 24.6 Å². The fraction of sp³-hybridized carbons (Fsp3) is 0.364. The van der Waals surface area contributed by atoms with Crippen LogP contribution < -0.4 is 10.2 Å². The number of hydrogen-bond acceptors (Lipinski definition) is 4.